The molecular formula is C16H27NO. The lowest BCUT2D eigenvalue weighted by Crippen LogP contribution is -2.42. The summed E-state index contributed by atoms with van der Waals surface area (Å²) in [6.07, 6.45) is 2.39. The topological polar surface area (TPSA) is 21.3 Å². The van der Waals surface area contributed by atoms with Crippen LogP contribution >= 0.6 is 0 Å². The molecule has 102 valence electrons. The smallest absolute Gasteiger partial charge is 0.0728 e. The number of nitrogens with one attached hydrogen (secondary N) is 1. The molecule has 0 aromatic heterocycles. The van der Waals surface area contributed by atoms with Crippen molar-refractivity contribution in [1.29, 1.82) is 0 Å². The summed E-state index contributed by atoms with van der Waals surface area (Å²) in [6, 6.07) is 9.02. The predicted molar refractivity (Wildman–Crippen MR) is 78.1 cm³/mol. The lowest BCUT2D eigenvalue weighted by molar-refractivity contribution is 0.0323. The number of aryl methyl sites for hydroxylation is 1. The molecule has 0 aliphatic carbocycles. The van der Waals surface area contributed by atoms with Gasteiger partial charge in [0, 0.05) is 12.6 Å². The van der Waals surface area contributed by atoms with Crippen LogP contribution in [-0.2, 0) is 11.2 Å². The highest BCUT2D eigenvalue weighted by molar-refractivity contribution is 5.26. The highest BCUT2D eigenvalue weighted by Crippen LogP contribution is 2.14. The highest BCUT2D eigenvalue weighted by atomic mass is 16.5. The van der Waals surface area contributed by atoms with E-state index in [-0.39, 0.29) is 0 Å². The number of hydrogen-bond donors (Lipinski definition) is 1. The van der Waals surface area contributed by atoms with E-state index in [0.29, 0.717) is 12.1 Å². The van der Waals surface area contributed by atoms with Crippen molar-refractivity contribution in [2.45, 2.75) is 52.7 Å². The molecule has 1 aromatic carbocycles. The Morgan fingerprint density at radius 1 is 1.17 bits per heavy atom. The lowest BCUT2D eigenvalue weighted by Gasteiger charge is -2.27. The average Bonchev–Trinajstić information content (AvgIpc) is 2.38. The van der Waals surface area contributed by atoms with E-state index >= 15 is 0 Å². The summed E-state index contributed by atoms with van der Waals surface area (Å²) in [5, 5.41) is 3.57. The van der Waals surface area contributed by atoms with E-state index in [4.69, 9.17) is 4.74 Å². The summed E-state index contributed by atoms with van der Waals surface area (Å²) < 4.78 is 5.86. The molecule has 2 atom stereocenters. The molecule has 0 aliphatic rings. The Balaban J connectivity index is 2.75. The number of rotatable bonds is 8. The highest BCUT2D eigenvalue weighted by Gasteiger charge is 2.20. The van der Waals surface area contributed by atoms with Crippen LogP contribution in [0.4, 0.5) is 0 Å². The van der Waals surface area contributed by atoms with Crippen LogP contribution in [0.25, 0.3) is 0 Å². The Kier molecular flexibility index (Phi) is 6.99. The third-order valence-electron chi connectivity index (χ3n) is 3.40. The van der Waals surface area contributed by atoms with Gasteiger partial charge in [-0.25, -0.2) is 0 Å². The molecule has 1 aromatic rings. The molecule has 2 unspecified atom stereocenters. The second-order valence-corrected chi connectivity index (χ2v) is 4.70. The molecule has 2 heteroatoms. The van der Waals surface area contributed by atoms with Crippen LogP contribution in [0.15, 0.2) is 24.3 Å². The standard InChI is InChI=1S/C16H27NO/c1-5-16(18-7-3)15(17-6-2)12-14-11-9-8-10-13(14)4/h8-11,15-17H,5-7,12H2,1-4H3. The summed E-state index contributed by atoms with van der Waals surface area (Å²) in [6.45, 7) is 10.4. The first-order valence-corrected chi connectivity index (χ1v) is 7.12. The van der Waals surface area contributed by atoms with E-state index in [1.54, 1.807) is 0 Å². The van der Waals surface area contributed by atoms with E-state index in [0.717, 1.165) is 26.0 Å². The van der Waals surface area contributed by atoms with Crippen LogP contribution in [0.3, 0.4) is 0 Å². The van der Waals surface area contributed by atoms with Gasteiger partial charge in [-0.1, -0.05) is 38.1 Å². The molecule has 1 N–H and O–H groups in total. The Labute approximate surface area is 112 Å². The fraction of sp³-hybridized carbons (Fsp3) is 0.625. The minimum atomic E-state index is 0.301. The zero-order valence-corrected chi connectivity index (χ0v) is 12.2. The second-order valence-electron chi connectivity index (χ2n) is 4.70. The normalized spacial score (nSPS) is 14.4. The van der Waals surface area contributed by atoms with Crippen LogP contribution in [0, 0.1) is 6.92 Å². The Hall–Kier alpha value is -0.860. The number of likely N-dealkylation sites (N-methyl/N-ethyl adjacent to an activating group) is 1. The molecule has 0 amide bonds. The van der Waals surface area contributed by atoms with Crippen LogP contribution in [0.1, 0.15) is 38.3 Å². The monoisotopic (exact) mass is 249 g/mol. The van der Waals surface area contributed by atoms with Gasteiger partial charge < -0.3 is 10.1 Å². The molecule has 18 heavy (non-hydrogen) atoms. The van der Waals surface area contributed by atoms with Gasteiger partial charge in [0.15, 0.2) is 0 Å². The number of hydrogen-bond acceptors (Lipinski definition) is 2. The first-order chi connectivity index (χ1) is 8.72. The third-order valence-corrected chi connectivity index (χ3v) is 3.40. The molecular weight excluding hydrogens is 222 g/mol. The van der Waals surface area contributed by atoms with Gasteiger partial charge in [0.25, 0.3) is 0 Å². The molecule has 0 heterocycles. The van der Waals surface area contributed by atoms with E-state index in [2.05, 4.69) is 57.3 Å². The minimum Gasteiger partial charge on any atom is -0.377 e. The maximum Gasteiger partial charge on any atom is 0.0728 e. The average molecular weight is 249 g/mol. The van der Waals surface area contributed by atoms with Gasteiger partial charge in [-0.2, -0.15) is 0 Å². The maximum atomic E-state index is 5.86. The lowest BCUT2D eigenvalue weighted by atomic mass is 9.96. The molecule has 2 nitrogen and oxygen atoms in total. The van der Waals surface area contributed by atoms with Crippen molar-refractivity contribution in [3.05, 3.63) is 35.4 Å². The quantitative estimate of drug-likeness (QED) is 0.763. The molecule has 0 fully saturated rings. The fourth-order valence-corrected chi connectivity index (χ4v) is 2.41. The molecule has 0 saturated carbocycles. The van der Waals surface area contributed by atoms with Crippen molar-refractivity contribution in [1.82, 2.24) is 5.32 Å². The van der Waals surface area contributed by atoms with Gasteiger partial charge in [0.05, 0.1) is 6.10 Å². The first kappa shape index (κ1) is 15.2. The molecule has 0 aliphatic heterocycles. The zero-order chi connectivity index (χ0) is 13.4. The van der Waals surface area contributed by atoms with E-state index in [1.165, 1.54) is 11.1 Å². The zero-order valence-electron chi connectivity index (χ0n) is 12.2. The van der Waals surface area contributed by atoms with E-state index < -0.39 is 0 Å². The second kappa shape index (κ2) is 8.28. The van der Waals surface area contributed by atoms with Gasteiger partial charge in [-0.05, 0) is 44.4 Å². The van der Waals surface area contributed by atoms with Crippen molar-refractivity contribution in [2.24, 2.45) is 0 Å². The third kappa shape index (κ3) is 4.43. The van der Waals surface area contributed by atoms with Crippen molar-refractivity contribution in [2.75, 3.05) is 13.2 Å². The Bertz CT molecular complexity index is 338. The Morgan fingerprint density at radius 3 is 2.44 bits per heavy atom. The summed E-state index contributed by atoms with van der Waals surface area (Å²) >= 11 is 0. The maximum absolute atomic E-state index is 5.86. The van der Waals surface area contributed by atoms with Crippen LogP contribution in [0.2, 0.25) is 0 Å². The summed E-state index contributed by atoms with van der Waals surface area (Å²) in [5.41, 5.74) is 2.79. The molecule has 0 radical (unpaired) electrons. The van der Waals surface area contributed by atoms with Crippen molar-refractivity contribution < 1.29 is 4.74 Å². The first-order valence-electron chi connectivity index (χ1n) is 7.12. The predicted octanol–water partition coefficient (Wildman–Crippen LogP) is 3.33. The molecule has 0 spiro atoms. The van der Waals surface area contributed by atoms with Crippen LogP contribution in [-0.4, -0.2) is 25.3 Å². The summed E-state index contributed by atoms with van der Waals surface area (Å²) in [5.74, 6) is 0. The van der Waals surface area contributed by atoms with Crippen molar-refractivity contribution in [3.63, 3.8) is 0 Å². The number of benzene rings is 1. The minimum absolute atomic E-state index is 0.301. The number of ether oxygens (including phenoxy) is 1. The van der Waals surface area contributed by atoms with Crippen molar-refractivity contribution in [3.8, 4) is 0 Å². The largest absolute Gasteiger partial charge is 0.377 e. The molecule has 0 bridgehead atoms. The van der Waals surface area contributed by atoms with E-state index in [9.17, 15) is 0 Å². The van der Waals surface area contributed by atoms with Gasteiger partial charge in [-0.3, -0.25) is 0 Å². The van der Waals surface area contributed by atoms with Gasteiger partial charge in [-0.15, -0.1) is 0 Å². The van der Waals surface area contributed by atoms with Gasteiger partial charge in [0.2, 0.25) is 0 Å². The van der Waals surface area contributed by atoms with Crippen LogP contribution < -0.4 is 5.32 Å². The van der Waals surface area contributed by atoms with Crippen molar-refractivity contribution >= 4 is 0 Å². The molecule has 1 rings (SSSR count). The fourth-order valence-electron chi connectivity index (χ4n) is 2.41. The molecule has 0 saturated heterocycles. The summed E-state index contributed by atoms with van der Waals surface area (Å²) in [4.78, 5) is 0. The summed E-state index contributed by atoms with van der Waals surface area (Å²) in [7, 11) is 0. The Morgan fingerprint density at radius 2 is 1.89 bits per heavy atom. The van der Waals surface area contributed by atoms with E-state index in [1.807, 2.05) is 0 Å². The van der Waals surface area contributed by atoms with Crippen LogP contribution in [0.5, 0.6) is 0 Å². The van der Waals surface area contributed by atoms with Gasteiger partial charge >= 0.3 is 0 Å². The van der Waals surface area contributed by atoms with Gasteiger partial charge in [0.1, 0.15) is 0 Å². The SMILES string of the molecule is CCNC(Cc1ccccc1C)C(CC)OCC.